The van der Waals surface area contributed by atoms with Crippen LogP contribution in [-0.4, -0.2) is 41.0 Å². The Bertz CT molecular complexity index is 888. The highest BCUT2D eigenvalue weighted by atomic mass is 32.2. The van der Waals surface area contributed by atoms with E-state index in [9.17, 15) is 19.7 Å². The first kappa shape index (κ1) is 19.9. The Kier molecular flexibility index (Phi) is 6.30. The van der Waals surface area contributed by atoms with Crippen molar-refractivity contribution in [2.24, 2.45) is 5.92 Å². The van der Waals surface area contributed by atoms with Gasteiger partial charge in [-0.1, -0.05) is 18.2 Å². The molecule has 1 aliphatic rings. The van der Waals surface area contributed by atoms with Gasteiger partial charge in [0, 0.05) is 29.7 Å². The average Bonchev–Trinajstić information content (AvgIpc) is 2.73. The summed E-state index contributed by atoms with van der Waals surface area (Å²) in [7, 11) is 0. The molecule has 0 saturated carbocycles. The maximum Gasteiger partial charge on any atom is 0.282 e. The number of para-hydroxylation sites is 1. The number of nitrogens with one attached hydrogen (secondary N) is 1. The molecule has 146 valence electrons. The van der Waals surface area contributed by atoms with Crippen molar-refractivity contribution in [2.45, 2.75) is 17.7 Å². The van der Waals surface area contributed by atoms with Gasteiger partial charge in [0.25, 0.3) is 11.6 Å². The molecule has 1 aliphatic heterocycles. The molecule has 1 N–H and O–H groups in total. The fourth-order valence-electron chi connectivity index (χ4n) is 3.28. The molecule has 1 heterocycles. The zero-order valence-corrected chi connectivity index (χ0v) is 16.3. The van der Waals surface area contributed by atoms with E-state index in [2.05, 4.69) is 5.32 Å². The van der Waals surface area contributed by atoms with Crippen LogP contribution < -0.4 is 5.32 Å². The largest absolute Gasteiger partial charge is 0.338 e. The SMILES string of the molecule is CSc1ccc([N+](=O)[O-])c(C(=O)N2CCC[C@@H](C(=O)Nc3ccccc3)C2)c1. The van der Waals surface area contributed by atoms with Gasteiger partial charge in [0.05, 0.1) is 10.8 Å². The minimum absolute atomic E-state index is 0.0703. The van der Waals surface area contributed by atoms with Crippen molar-refractivity contribution in [1.82, 2.24) is 4.90 Å². The first-order valence-electron chi connectivity index (χ1n) is 8.97. The zero-order chi connectivity index (χ0) is 20.1. The summed E-state index contributed by atoms with van der Waals surface area (Å²) in [5.41, 5.74) is 0.568. The number of carbonyl (C=O) groups is 2. The molecule has 1 atom stereocenters. The third-order valence-electron chi connectivity index (χ3n) is 4.75. The lowest BCUT2D eigenvalue weighted by molar-refractivity contribution is -0.385. The predicted molar refractivity (Wildman–Crippen MR) is 109 cm³/mol. The van der Waals surface area contributed by atoms with Crippen LogP contribution in [0.25, 0.3) is 0 Å². The summed E-state index contributed by atoms with van der Waals surface area (Å²) in [6.45, 7) is 0.729. The van der Waals surface area contributed by atoms with Gasteiger partial charge in [-0.25, -0.2) is 0 Å². The lowest BCUT2D eigenvalue weighted by Crippen LogP contribution is -2.44. The van der Waals surface area contributed by atoms with E-state index < -0.39 is 10.8 Å². The maximum absolute atomic E-state index is 13.0. The van der Waals surface area contributed by atoms with Crippen molar-refractivity contribution in [3.8, 4) is 0 Å². The maximum atomic E-state index is 13.0. The number of benzene rings is 2. The first-order chi connectivity index (χ1) is 13.5. The van der Waals surface area contributed by atoms with Crippen LogP contribution in [-0.2, 0) is 4.79 Å². The topological polar surface area (TPSA) is 92.6 Å². The molecule has 8 heteroatoms. The number of carbonyl (C=O) groups excluding carboxylic acids is 2. The molecule has 1 fully saturated rings. The van der Waals surface area contributed by atoms with E-state index in [4.69, 9.17) is 0 Å². The third kappa shape index (κ3) is 4.51. The zero-order valence-electron chi connectivity index (χ0n) is 15.5. The Morgan fingerprint density at radius 2 is 1.96 bits per heavy atom. The van der Waals surface area contributed by atoms with Crippen molar-refractivity contribution in [2.75, 3.05) is 24.7 Å². The summed E-state index contributed by atoms with van der Waals surface area (Å²) in [6.07, 6.45) is 3.20. The van der Waals surface area contributed by atoms with Gasteiger partial charge in [-0.3, -0.25) is 19.7 Å². The Hall–Kier alpha value is -2.87. The molecule has 0 aliphatic carbocycles. The lowest BCUT2D eigenvalue weighted by atomic mass is 9.96. The Morgan fingerprint density at radius 1 is 1.21 bits per heavy atom. The summed E-state index contributed by atoms with van der Waals surface area (Å²) in [5.74, 6) is -0.892. The molecule has 2 aromatic carbocycles. The van der Waals surface area contributed by atoms with E-state index in [1.807, 2.05) is 24.5 Å². The highest BCUT2D eigenvalue weighted by molar-refractivity contribution is 7.98. The van der Waals surface area contributed by atoms with Gasteiger partial charge in [-0.2, -0.15) is 0 Å². The van der Waals surface area contributed by atoms with Gasteiger partial charge >= 0.3 is 0 Å². The van der Waals surface area contributed by atoms with Gasteiger partial charge in [-0.15, -0.1) is 11.8 Å². The van der Waals surface area contributed by atoms with Crippen molar-refractivity contribution < 1.29 is 14.5 Å². The van der Waals surface area contributed by atoms with Crippen molar-refractivity contribution in [3.63, 3.8) is 0 Å². The molecule has 7 nitrogen and oxygen atoms in total. The highest BCUT2D eigenvalue weighted by Gasteiger charge is 2.32. The molecule has 2 aromatic rings. The van der Waals surface area contributed by atoms with Gasteiger partial charge < -0.3 is 10.2 Å². The number of nitro benzene ring substituents is 1. The molecular formula is C20H21N3O4S. The number of amides is 2. The second-order valence-corrected chi connectivity index (χ2v) is 7.47. The van der Waals surface area contributed by atoms with E-state index in [1.54, 1.807) is 29.2 Å². The van der Waals surface area contributed by atoms with E-state index in [0.29, 0.717) is 25.1 Å². The number of piperidine rings is 1. The van der Waals surface area contributed by atoms with Crippen LogP contribution >= 0.6 is 11.8 Å². The second-order valence-electron chi connectivity index (χ2n) is 6.59. The number of anilines is 1. The Morgan fingerprint density at radius 3 is 2.64 bits per heavy atom. The van der Waals surface area contributed by atoms with Crippen molar-refractivity contribution in [1.29, 1.82) is 0 Å². The second kappa shape index (κ2) is 8.88. The molecular weight excluding hydrogens is 378 g/mol. The Balaban J connectivity index is 1.76. The lowest BCUT2D eigenvalue weighted by Gasteiger charge is -2.32. The Labute approximate surface area is 167 Å². The molecule has 0 spiro atoms. The quantitative estimate of drug-likeness (QED) is 0.469. The summed E-state index contributed by atoms with van der Waals surface area (Å²) >= 11 is 1.42. The van der Waals surface area contributed by atoms with Crippen LogP contribution in [0.3, 0.4) is 0 Å². The van der Waals surface area contributed by atoms with E-state index in [0.717, 1.165) is 4.90 Å². The third-order valence-corrected chi connectivity index (χ3v) is 5.48. The first-order valence-corrected chi connectivity index (χ1v) is 10.2. The van der Waals surface area contributed by atoms with Crippen LogP contribution in [0.4, 0.5) is 11.4 Å². The van der Waals surface area contributed by atoms with E-state index >= 15 is 0 Å². The summed E-state index contributed by atoms with van der Waals surface area (Å²) in [6, 6.07) is 13.7. The number of hydrogen-bond donors (Lipinski definition) is 1. The average molecular weight is 399 g/mol. The normalized spacial score (nSPS) is 16.5. The monoisotopic (exact) mass is 399 g/mol. The number of hydrogen-bond acceptors (Lipinski definition) is 5. The molecule has 0 unspecified atom stereocenters. The fourth-order valence-corrected chi connectivity index (χ4v) is 3.72. The number of nitrogens with zero attached hydrogens (tertiary/aromatic N) is 2. The van der Waals surface area contributed by atoms with Crippen LogP contribution in [0.2, 0.25) is 0 Å². The number of rotatable bonds is 5. The summed E-state index contributed by atoms with van der Waals surface area (Å²) in [5, 5.41) is 14.2. The summed E-state index contributed by atoms with van der Waals surface area (Å²) in [4.78, 5) is 38.7. The standard InChI is InChI=1S/C20H21N3O4S/c1-28-16-9-10-18(23(26)27)17(12-16)20(25)22-11-5-6-14(13-22)19(24)21-15-7-3-2-4-8-15/h2-4,7-10,12,14H,5-6,11,13H2,1H3,(H,21,24)/t14-/m1/s1. The van der Waals surface area contributed by atoms with Gasteiger partial charge in [0.2, 0.25) is 5.91 Å². The van der Waals surface area contributed by atoms with Crippen molar-refractivity contribution >= 4 is 35.0 Å². The number of nitro groups is 1. The van der Waals surface area contributed by atoms with E-state index in [-0.39, 0.29) is 29.6 Å². The molecule has 1 saturated heterocycles. The molecule has 0 aromatic heterocycles. The van der Waals surface area contributed by atoms with Crippen LogP contribution in [0, 0.1) is 16.0 Å². The number of likely N-dealkylation sites (tertiary alicyclic amines) is 1. The fraction of sp³-hybridized carbons (Fsp3) is 0.300. The molecule has 3 rings (SSSR count). The highest BCUT2D eigenvalue weighted by Crippen LogP contribution is 2.28. The van der Waals surface area contributed by atoms with Crippen LogP contribution in [0.5, 0.6) is 0 Å². The molecule has 0 bridgehead atoms. The van der Waals surface area contributed by atoms with Crippen LogP contribution in [0.15, 0.2) is 53.4 Å². The minimum Gasteiger partial charge on any atom is -0.338 e. The molecule has 28 heavy (non-hydrogen) atoms. The molecule has 2 amide bonds. The van der Waals surface area contributed by atoms with E-state index in [1.165, 1.54) is 17.8 Å². The predicted octanol–water partition coefficient (Wildman–Crippen LogP) is 3.81. The molecule has 0 radical (unpaired) electrons. The van der Waals surface area contributed by atoms with Crippen molar-refractivity contribution in [3.05, 3.63) is 64.2 Å². The van der Waals surface area contributed by atoms with Crippen LogP contribution in [0.1, 0.15) is 23.2 Å². The smallest absolute Gasteiger partial charge is 0.282 e. The van der Waals surface area contributed by atoms with Gasteiger partial charge in [-0.05, 0) is 43.4 Å². The van der Waals surface area contributed by atoms with Gasteiger partial charge in [0.1, 0.15) is 5.56 Å². The minimum atomic E-state index is -0.541. The van der Waals surface area contributed by atoms with Gasteiger partial charge in [0.15, 0.2) is 0 Å². The number of thioether (sulfide) groups is 1. The summed E-state index contributed by atoms with van der Waals surface area (Å²) < 4.78 is 0.